The van der Waals surface area contributed by atoms with E-state index in [4.69, 9.17) is 21.4 Å². The van der Waals surface area contributed by atoms with E-state index in [1.165, 1.54) is 13.2 Å². The van der Waals surface area contributed by atoms with Crippen LogP contribution in [0.5, 0.6) is 11.6 Å². The van der Waals surface area contributed by atoms with Crippen molar-refractivity contribution in [2.24, 2.45) is 0 Å². The van der Waals surface area contributed by atoms with Crippen LogP contribution in [0.2, 0.25) is 5.02 Å². The van der Waals surface area contributed by atoms with Gasteiger partial charge in [0.2, 0.25) is 5.88 Å². The average Bonchev–Trinajstić information content (AvgIpc) is 1.97. The Hall–Kier alpha value is -0.480. The van der Waals surface area contributed by atoms with E-state index in [-0.39, 0.29) is 16.7 Å². The summed E-state index contributed by atoms with van der Waals surface area (Å²) in [6.07, 6.45) is 0. The molecule has 1 rings (SSSR count). The molecule has 0 saturated carbocycles. The molecule has 0 radical (unpaired) electrons. The first-order valence-electron chi connectivity index (χ1n) is 2.74. The molecule has 0 aliphatic carbocycles. The Kier molecular flexibility index (Phi) is 2.57. The lowest BCUT2D eigenvalue weighted by molar-refractivity contribution is 0.392. The lowest BCUT2D eigenvalue weighted by atomic mass is 10.4. The second-order valence-electron chi connectivity index (χ2n) is 1.79. The molecule has 0 aliphatic rings. The van der Waals surface area contributed by atoms with E-state index in [2.05, 4.69) is 20.9 Å². The zero-order valence-electron chi connectivity index (χ0n) is 5.64. The highest BCUT2D eigenvalue weighted by atomic mass is 79.9. The first-order chi connectivity index (χ1) is 5.15. The van der Waals surface area contributed by atoms with E-state index in [0.29, 0.717) is 4.60 Å². The summed E-state index contributed by atoms with van der Waals surface area (Å²) in [6.45, 7) is 0. The van der Waals surface area contributed by atoms with Gasteiger partial charge in [-0.3, -0.25) is 0 Å². The Bertz CT molecular complexity index is 280. The SMILES string of the molecule is COc1nc(Br)c(O)cc1Cl. The van der Waals surface area contributed by atoms with Crippen LogP contribution in [0.1, 0.15) is 0 Å². The number of pyridine rings is 1. The lowest BCUT2D eigenvalue weighted by Crippen LogP contribution is -1.88. The smallest absolute Gasteiger partial charge is 0.233 e. The first-order valence-corrected chi connectivity index (χ1v) is 3.91. The van der Waals surface area contributed by atoms with Gasteiger partial charge in [0.25, 0.3) is 0 Å². The van der Waals surface area contributed by atoms with Gasteiger partial charge < -0.3 is 9.84 Å². The predicted molar refractivity (Wildman–Crippen MR) is 45.2 cm³/mol. The maximum absolute atomic E-state index is 9.07. The number of halogens is 2. The molecule has 0 unspecified atom stereocenters. The zero-order chi connectivity index (χ0) is 8.43. The molecule has 11 heavy (non-hydrogen) atoms. The van der Waals surface area contributed by atoms with Gasteiger partial charge in [0, 0.05) is 6.07 Å². The Balaban J connectivity index is 3.21. The number of hydrogen-bond acceptors (Lipinski definition) is 3. The minimum absolute atomic E-state index is 0.00389. The van der Waals surface area contributed by atoms with E-state index >= 15 is 0 Å². The molecule has 3 nitrogen and oxygen atoms in total. The third-order valence-electron chi connectivity index (χ3n) is 1.07. The highest BCUT2D eigenvalue weighted by molar-refractivity contribution is 9.10. The second-order valence-corrected chi connectivity index (χ2v) is 2.95. The molecule has 0 spiro atoms. The summed E-state index contributed by atoms with van der Waals surface area (Å²) in [5.41, 5.74) is 0. The van der Waals surface area contributed by atoms with E-state index in [1.54, 1.807) is 0 Å². The van der Waals surface area contributed by atoms with Gasteiger partial charge >= 0.3 is 0 Å². The maximum atomic E-state index is 9.07. The largest absolute Gasteiger partial charge is 0.505 e. The first kappa shape index (κ1) is 8.62. The minimum Gasteiger partial charge on any atom is -0.505 e. The van der Waals surface area contributed by atoms with E-state index in [9.17, 15) is 0 Å². The standard InChI is InChI=1S/C6H5BrClNO2/c1-11-6-3(8)2-4(10)5(7)9-6/h2,10H,1H3. The fourth-order valence-electron chi connectivity index (χ4n) is 0.584. The van der Waals surface area contributed by atoms with Crippen LogP contribution in [0.15, 0.2) is 10.7 Å². The molecular weight excluding hydrogens is 233 g/mol. The topological polar surface area (TPSA) is 42.4 Å². The number of rotatable bonds is 1. The fourth-order valence-corrected chi connectivity index (χ4v) is 1.08. The summed E-state index contributed by atoms with van der Waals surface area (Å²) in [5.74, 6) is 0.284. The van der Waals surface area contributed by atoms with E-state index < -0.39 is 0 Å². The van der Waals surface area contributed by atoms with Crippen molar-refractivity contribution >= 4 is 27.5 Å². The number of nitrogens with zero attached hydrogens (tertiary/aromatic N) is 1. The molecule has 0 saturated heterocycles. The average molecular weight is 238 g/mol. The molecule has 1 aromatic heterocycles. The Morgan fingerprint density at radius 3 is 2.91 bits per heavy atom. The molecule has 60 valence electrons. The highest BCUT2D eigenvalue weighted by Crippen LogP contribution is 2.30. The van der Waals surface area contributed by atoms with Crippen LogP contribution < -0.4 is 4.74 Å². The third kappa shape index (κ3) is 1.75. The van der Waals surface area contributed by atoms with Gasteiger partial charge in [-0.15, -0.1) is 0 Å². The predicted octanol–water partition coefficient (Wildman–Crippen LogP) is 2.21. The van der Waals surface area contributed by atoms with Crippen molar-refractivity contribution in [3.63, 3.8) is 0 Å². The summed E-state index contributed by atoms with van der Waals surface area (Å²) in [7, 11) is 1.46. The zero-order valence-corrected chi connectivity index (χ0v) is 7.98. The van der Waals surface area contributed by atoms with Crippen LogP contribution in [-0.2, 0) is 0 Å². The van der Waals surface area contributed by atoms with Crippen molar-refractivity contribution in [1.82, 2.24) is 4.98 Å². The summed E-state index contributed by atoms with van der Waals surface area (Å²) in [6, 6.07) is 1.36. The molecular formula is C6H5BrClNO2. The third-order valence-corrected chi connectivity index (χ3v) is 1.93. The van der Waals surface area contributed by atoms with Gasteiger partial charge in [0.05, 0.1) is 7.11 Å². The van der Waals surface area contributed by atoms with Gasteiger partial charge in [-0.25, -0.2) is 4.98 Å². The summed E-state index contributed by atoms with van der Waals surface area (Å²) in [5, 5.41) is 9.36. The van der Waals surface area contributed by atoms with Crippen molar-refractivity contribution in [3.05, 3.63) is 15.7 Å². The van der Waals surface area contributed by atoms with Gasteiger partial charge in [-0.05, 0) is 15.9 Å². The minimum atomic E-state index is -0.00389. The lowest BCUT2D eigenvalue weighted by Gasteiger charge is -2.02. The number of aromatic nitrogens is 1. The van der Waals surface area contributed by atoms with Gasteiger partial charge in [0.15, 0.2) is 4.60 Å². The molecule has 5 heteroatoms. The molecule has 0 amide bonds. The van der Waals surface area contributed by atoms with Crippen molar-refractivity contribution in [2.75, 3.05) is 7.11 Å². The quantitative estimate of drug-likeness (QED) is 0.763. The molecule has 0 aromatic carbocycles. The molecule has 1 heterocycles. The fraction of sp³-hybridized carbons (Fsp3) is 0.167. The van der Waals surface area contributed by atoms with Crippen LogP contribution in [0.4, 0.5) is 0 Å². The molecule has 0 atom stereocenters. The summed E-state index contributed by atoms with van der Waals surface area (Å²) >= 11 is 8.65. The van der Waals surface area contributed by atoms with E-state index in [0.717, 1.165) is 0 Å². The summed E-state index contributed by atoms with van der Waals surface area (Å²) in [4.78, 5) is 3.80. The van der Waals surface area contributed by atoms with Gasteiger partial charge in [-0.1, -0.05) is 11.6 Å². The molecule has 0 bridgehead atoms. The summed E-state index contributed by atoms with van der Waals surface area (Å²) < 4.78 is 5.11. The van der Waals surface area contributed by atoms with Gasteiger partial charge in [-0.2, -0.15) is 0 Å². The maximum Gasteiger partial charge on any atom is 0.233 e. The number of ether oxygens (including phenoxy) is 1. The normalized spacial score (nSPS) is 9.73. The van der Waals surface area contributed by atoms with Crippen molar-refractivity contribution in [2.45, 2.75) is 0 Å². The highest BCUT2D eigenvalue weighted by Gasteiger charge is 2.06. The van der Waals surface area contributed by atoms with Crippen molar-refractivity contribution < 1.29 is 9.84 Å². The second kappa shape index (κ2) is 3.28. The Morgan fingerprint density at radius 1 is 1.73 bits per heavy atom. The molecule has 0 fully saturated rings. The molecule has 0 aliphatic heterocycles. The van der Waals surface area contributed by atoms with Crippen LogP contribution >= 0.6 is 27.5 Å². The molecule has 1 aromatic rings. The Labute approximate surface area is 77.1 Å². The monoisotopic (exact) mass is 237 g/mol. The van der Waals surface area contributed by atoms with Gasteiger partial charge in [0.1, 0.15) is 10.8 Å². The van der Waals surface area contributed by atoms with Crippen LogP contribution in [0, 0.1) is 0 Å². The number of methoxy groups -OCH3 is 1. The molecule has 1 N–H and O–H groups in total. The van der Waals surface area contributed by atoms with Crippen LogP contribution in [0.3, 0.4) is 0 Å². The van der Waals surface area contributed by atoms with Crippen LogP contribution in [-0.4, -0.2) is 17.2 Å². The van der Waals surface area contributed by atoms with Crippen molar-refractivity contribution in [3.8, 4) is 11.6 Å². The van der Waals surface area contributed by atoms with Crippen LogP contribution in [0.25, 0.3) is 0 Å². The Morgan fingerprint density at radius 2 is 2.36 bits per heavy atom. The number of hydrogen-bond donors (Lipinski definition) is 1. The number of aromatic hydroxyl groups is 1. The van der Waals surface area contributed by atoms with Crippen molar-refractivity contribution in [1.29, 1.82) is 0 Å². The van der Waals surface area contributed by atoms with E-state index in [1.807, 2.05) is 0 Å².